The fourth-order valence-electron chi connectivity index (χ4n) is 2.56. The van der Waals surface area contributed by atoms with Crippen molar-refractivity contribution >= 4 is 17.3 Å². The molecule has 1 aliphatic rings. The molecular weight excluding hydrogens is 294 g/mol. The fourth-order valence-corrected chi connectivity index (χ4v) is 3.45. The molecule has 2 heterocycles. The van der Waals surface area contributed by atoms with Crippen molar-refractivity contribution in [3.8, 4) is 0 Å². The van der Waals surface area contributed by atoms with Crippen molar-refractivity contribution in [3.63, 3.8) is 0 Å². The van der Waals surface area contributed by atoms with Gasteiger partial charge in [-0.15, -0.1) is 11.3 Å². The Balaban J connectivity index is 1.72. The van der Waals surface area contributed by atoms with Crippen LogP contribution >= 0.6 is 11.3 Å². The van der Waals surface area contributed by atoms with E-state index in [2.05, 4.69) is 51.8 Å². The van der Waals surface area contributed by atoms with E-state index in [0.717, 1.165) is 30.0 Å². The van der Waals surface area contributed by atoms with E-state index >= 15 is 0 Å². The maximum absolute atomic E-state index is 4.64. The summed E-state index contributed by atoms with van der Waals surface area (Å²) >= 11 is 1.71. The van der Waals surface area contributed by atoms with Gasteiger partial charge in [0.25, 0.3) is 0 Å². The highest BCUT2D eigenvalue weighted by Crippen LogP contribution is 2.17. The van der Waals surface area contributed by atoms with Gasteiger partial charge in [-0.3, -0.25) is 4.99 Å². The van der Waals surface area contributed by atoms with E-state index in [9.17, 15) is 0 Å². The van der Waals surface area contributed by atoms with E-state index < -0.39 is 0 Å². The number of likely N-dealkylation sites (tertiary alicyclic amines) is 1. The van der Waals surface area contributed by atoms with Crippen molar-refractivity contribution in [3.05, 3.63) is 16.1 Å². The lowest BCUT2D eigenvalue weighted by molar-refractivity contribution is 0.220. The quantitative estimate of drug-likeness (QED) is 0.645. The number of nitrogens with zero attached hydrogens (tertiary/aromatic N) is 3. The van der Waals surface area contributed by atoms with Crippen LogP contribution in [0.3, 0.4) is 0 Å². The van der Waals surface area contributed by atoms with Crippen LogP contribution in [0.1, 0.15) is 43.3 Å². The van der Waals surface area contributed by atoms with Gasteiger partial charge in [-0.05, 0) is 44.8 Å². The maximum atomic E-state index is 4.64. The van der Waals surface area contributed by atoms with Crippen molar-refractivity contribution < 1.29 is 0 Å². The Morgan fingerprint density at radius 1 is 1.41 bits per heavy atom. The van der Waals surface area contributed by atoms with Gasteiger partial charge in [0.15, 0.2) is 5.96 Å². The van der Waals surface area contributed by atoms with Gasteiger partial charge in [0.05, 0.1) is 12.2 Å². The summed E-state index contributed by atoms with van der Waals surface area (Å²) in [5.74, 6) is 2.12. The predicted molar refractivity (Wildman–Crippen MR) is 94.6 cm³/mol. The molecule has 5 nitrogen and oxygen atoms in total. The number of aliphatic imine (C=N–C) groups is 1. The van der Waals surface area contributed by atoms with Gasteiger partial charge in [-0.2, -0.15) is 0 Å². The number of hydrogen-bond acceptors (Lipinski definition) is 4. The average molecular weight is 324 g/mol. The molecule has 6 heteroatoms. The Kier molecular flexibility index (Phi) is 6.64. The summed E-state index contributed by atoms with van der Waals surface area (Å²) < 4.78 is 0. The molecule has 0 aliphatic carbocycles. The largest absolute Gasteiger partial charge is 0.356 e. The van der Waals surface area contributed by atoms with E-state index in [1.54, 1.807) is 11.3 Å². The zero-order valence-corrected chi connectivity index (χ0v) is 15.0. The highest BCUT2D eigenvalue weighted by molar-refractivity contribution is 7.09. The third-order valence-corrected chi connectivity index (χ3v) is 5.06. The standard InChI is InChI=1S/C16H29N5S/c1-12(2)14-11-22-15(20-14)10-19-16(17-3)18-9-13-5-7-21(4)8-6-13/h11-13H,5-10H2,1-4H3,(H2,17,18,19). The van der Waals surface area contributed by atoms with Crippen molar-refractivity contribution in [2.24, 2.45) is 10.9 Å². The molecule has 0 bridgehead atoms. The van der Waals surface area contributed by atoms with Crippen molar-refractivity contribution in [1.29, 1.82) is 0 Å². The molecule has 0 aromatic carbocycles. The van der Waals surface area contributed by atoms with Gasteiger partial charge in [0.1, 0.15) is 5.01 Å². The molecule has 0 spiro atoms. The van der Waals surface area contributed by atoms with Gasteiger partial charge in [0.2, 0.25) is 0 Å². The molecule has 124 valence electrons. The molecule has 1 fully saturated rings. The number of rotatable bonds is 5. The molecule has 1 aliphatic heterocycles. The number of hydrogen-bond donors (Lipinski definition) is 2. The normalized spacial score (nSPS) is 18.0. The third-order valence-electron chi connectivity index (χ3n) is 4.19. The van der Waals surface area contributed by atoms with E-state index in [1.165, 1.54) is 31.6 Å². The zero-order valence-electron chi connectivity index (χ0n) is 14.2. The summed E-state index contributed by atoms with van der Waals surface area (Å²) in [5.41, 5.74) is 1.18. The first kappa shape index (κ1) is 17.2. The average Bonchev–Trinajstić information content (AvgIpc) is 2.98. The van der Waals surface area contributed by atoms with E-state index in [1.807, 2.05) is 7.05 Å². The zero-order chi connectivity index (χ0) is 15.9. The Morgan fingerprint density at radius 3 is 2.73 bits per heavy atom. The van der Waals surface area contributed by atoms with Crippen molar-refractivity contribution in [2.75, 3.05) is 33.7 Å². The Hall–Kier alpha value is -1.14. The molecule has 2 N–H and O–H groups in total. The Morgan fingerprint density at radius 2 is 2.14 bits per heavy atom. The van der Waals surface area contributed by atoms with Crippen molar-refractivity contribution in [1.82, 2.24) is 20.5 Å². The number of thiazole rings is 1. The summed E-state index contributed by atoms with van der Waals surface area (Å²) in [5, 5.41) is 10.1. The minimum atomic E-state index is 0.492. The van der Waals surface area contributed by atoms with Gasteiger partial charge >= 0.3 is 0 Å². The van der Waals surface area contributed by atoms with Crippen LogP contribution in [-0.2, 0) is 6.54 Å². The number of aromatic nitrogens is 1. The Labute approximate surface area is 138 Å². The first-order valence-electron chi connectivity index (χ1n) is 8.15. The van der Waals surface area contributed by atoms with Crippen molar-refractivity contribution in [2.45, 2.75) is 39.2 Å². The van der Waals surface area contributed by atoms with Gasteiger partial charge in [-0.1, -0.05) is 13.8 Å². The Bertz CT molecular complexity index is 475. The number of piperidine rings is 1. The second-order valence-corrected chi connectivity index (χ2v) is 7.32. The van der Waals surface area contributed by atoms with Crippen LogP contribution < -0.4 is 10.6 Å². The fraction of sp³-hybridized carbons (Fsp3) is 0.750. The van der Waals surface area contributed by atoms with E-state index in [-0.39, 0.29) is 0 Å². The summed E-state index contributed by atoms with van der Waals surface area (Å²) in [6.07, 6.45) is 2.54. The predicted octanol–water partition coefficient (Wildman–Crippen LogP) is 2.27. The molecule has 0 radical (unpaired) electrons. The smallest absolute Gasteiger partial charge is 0.191 e. The summed E-state index contributed by atoms with van der Waals surface area (Å²) in [6, 6.07) is 0. The highest BCUT2D eigenvalue weighted by atomic mass is 32.1. The first-order valence-corrected chi connectivity index (χ1v) is 9.03. The molecule has 1 aromatic rings. The summed E-state index contributed by atoms with van der Waals surface area (Å²) in [7, 11) is 4.02. The van der Waals surface area contributed by atoms with Crippen LogP contribution in [0.2, 0.25) is 0 Å². The molecular formula is C16H29N5S. The van der Waals surface area contributed by atoms with Gasteiger partial charge in [-0.25, -0.2) is 4.98 Å². The molecule has 0 atom stereocenters. The van der Waals surface area contributed by atoms with Gasteiger partial charge < -0.3 is 15.5 Å². The summed E-state index contributed by atoms with van der Waals surface area (Å²) in [6.45, 7) is 8.50. The second-order valence-electron chi connectivity index (χ2n) is 6.37. The minimum Gasteiger partial charge on any atom is -0.356 e. The topological polar surface area (TPSA) is 52.6 Å². The molecule has 1 aromatic heterocycles. The third kappa shape index (κ3) is 5.25. The lowest BCUT2D eigenvalue weighted by atomic mass is 9.97. The molecule has 1 saturated heterocycles. The summed E-state index contributed by atoms with van der Waals surface area (Å²) in [4.78, 5) is 11.3. The van der Waals surface area contributed by atoms with Crippen LogP contribution in [-0.4, -0.2) is 49.6 Å². The minimum absolute atomic E-state index is 0.492. The lowest BCUT2D eigenvalue weighted by Gasteiger charge is -2.29. The van der Waals surface area contributed by atoms with Crippen LogP contribution in [0.15, 0.2) is 10.4 Å². The van der Waals surface area contributed by atoms with Gasteiger partial charge in [0, 0.05) is 19.0 Å². The molecule has 0 amide bonds. The van der Waals surface area contributed by atoms with Crippen LogP contribution in [0.4, 0.5) is 0 Å². The van der Waals surface area contributed by atoms with E-state index in [0.29, 0.717) is 5.92 Å². The lowest BCUT2D eigenvalue weighted by Crippen LogP contribution is -2.42. The molecule has 22 heavy (non-hydrogen) atoms. The van der Waals surface area contributed by atoms with Crippen LogP contribution in [0.25, 0.3) is 0 Å². The SMILES string of the molecule is CN=C(NCc1nc(C(C)C)cs1)NCC1CCN(C)CC1. The second kappa shape index (κ2) is 8.48. The monoisotopic (exact) mass is 323 g/mol. The first-order chi connectivity index (χ1) is 10.6. The highest BCUT2D eigenvalue weighted by Gasteiger charge is 2.16. The number of nitrogens with one attached hydrogen (secondary N) is 2. The van der Waals surface area contributed by atoms with Crippen LogP contribution in [0.5, 0.6) is 0 Å². The maximum Gasteiger partial charge on any atom is 0.191 e. The number of guanidine groups is 1. The molecule has 0 saturated carbocycles. The van der Waals surface area contributed by atoms with Crippen LogP contribution in [0, 0.1) is 5.92 Å². The molecule has 0 unspecified atom stereocenters. The molecule has 2 rings (SSSR count). The van der Waals surface area contributed by atoms with E-state index in [4.69, 9.17) is 0 Å².